The van der Waals surface area contributed by atoms with E-state index in [1.807, 2.05) is 0 Å². The van der Waals surface area contributed by atoms with E-state index in [0.717, 1.165) is 33.3 Å². The molecule has 2 bridgehead atoms. The number of nitrogens with zero attached hydrogens (tertiary/aromatic N) is 3. The van der Waals surface area contributed by atoms with Crippen LogP contribution in [0.5, 0.6) is 0 Å². The van der Waals surface area contributed by atoms with E-state index in [9.17, 15) is 19.2 Å². The molecule has 1 heterocycles. The predicted octanol–water partition coefficient (Wildman–Crippen LogP) is -0.455. The number of hydrazine groups is 1. The topological polar surface area (TPSA) is 115 Å². The molecule has 3 atom stereocenters. The van der Waals surface area contributed by atoms with Crippen LogP contribution in [-0.4, -0.2) is 31.9 Å². The Bertz CT molecular complexity index is 833. The van der Waals surface area contributed by atoms with Gasteiger partial charge in [-0.3, -0.25) is 29.8 Å². The van der Waals surface area contributed by atoms with Gasteiger partial charge in [0.05, 0.1) is 5.75 Å². The van der Waals surface area contributed by atoms with Crippen molar-refractivity contribution in [1.82, 2.24) is 25.2 Å². The van der Waals surface area contributed by atoms with Crippen molar-refractivity contribution in [1.29, 1.82) is 0 Å². The molecule has 0 aliphatic heterocycles. The van der Waals surface area contributed by atoms with Crippen LogP contribution in [0.25, 0.3) is 0 Å². The molecule has 10 heteroatoms. The monoisotopic (exact) mass is 381 g/mol. The zero-order chi connectivity index (χ0) is 18.8. The van der Waals surface area contributed by atoms with Gasteiger partial charge in [0.25, 0.3) is 5.56 Å². The van der Waals surface area contributed by atoms with Crippen molar-refractivity contribution in [2.75, 3.05) is 5.75 Å². The van der Waals surface area contributed by atoms with Crippen molar-refractivity contribution < 1.29 is 9.59 Å². The van der Waals surface area contributed by atoms with Crippen LogP contribution >= 0.6 is 11.8 Å². The molecule has 9 nitrogen and oxygen atoms in total. The maximum absolute atomic E-state index is 12.0. The normalized spacial score (nSPS) is 23.8. The number of thioether (sulfide) groups is 1. The summed E-state index contributed by atoms with van der Waals surface area (Å²) in [6, 6.07) is 0. The van der Waals surface area contributed by atoms with E-state index >= 15 is 0 Å². The summed E-state index contributed by atoms with van der Waals surface area (Å²) >= 11 is 0.919. The molecule has 1 aromatic heterocycles. The summed E-state index contributed by atoms with van der Waals surface area (Å²) in [6.07, 6.45) is 5.30. The van der Waals surface area contributed by atoms with Crippen LogP contribution in [-0.2, 0) is 23.7 Å². The first-order valence-electron chi connectivity index (χ1n) is 8.70. The highest BCUT2D eigenvalue weighted by Gasteiger charge is 2.40. The fourth-order valence-corrected chi connectivity index (χ4v) is 4.77. The van der Waals surface area contributed by atoms with Gasteiger partial charge in [-0.15, -0.1) is 0 Å². The Balaban J connectivity index is 1.44. The summed E-state index contributed by atoms with van der Waals surface area (Å²) in [5.41, 5.74) is 3.73. The van der Waals surface area contributed by atoms with Gasteiger partial charge in [0.15, 0.2) is 5.03 Å². The average molecular weight is 381 g/mol. The van der Waals surface area contributed by atoms with Gasteiger partial charge >= 0.3 is 5.69 Å². The highest BCUT2D eigenvalue weighted by molar-refractivity contribution is 7.99. The Morgan fingerprint density at radius 3 is 2.54 bits per heavy atom. The summed E-state index contributed by atoms with van der Waals surface area (Å²) in [5.74, 6) is 1.16. The van der Waals surface area contributed by atoms with Crippen molar-refractivity contribution in [3.8, 4) is 0 Å². The van der Waals surface area contributed by atoms with Crippen LogP contribution < -0.4 is 22.1 Å². The van der Waals surface area contributed by atoms with Gasteiger partial charge in [-0.25, -0.2) is 9.48 Å². The van der Waals surface area contributed by atoms with Gasteiger partial charge < -0.3 is 0 Å². The molecular formula is C16H23N5O4S. The van der Waals surface area contributed by atoms with Crippen LogP contribution in [0.3, 0.4) is 0 Å². The fraction of sp³-hybridized carbons (Fsp3) is 0.688. The van der Waals surface area contributed by atoms with E-state index in [-0.39, 0.29) is 16.7 Å². The van der Waals surface area contributed by atoms with Gasteiger partial charge in [-0.1, -0.05) is 18.2 Å². The number of carbonyl (C=O) groups is 2. The molecule has 0 spiro atoms. The van der Waals surface area contributed by atoms with Crippen LogP contribution in [0.15, 0.2) is 14.6 Å². The minimum atomic E-state index is -0.550. The van der Waals surface area contributed by atoms with Crippen LogP contribution in [0.4, 0.5) is 0 Å². The zero-order valence-corrected chi connectivity index (χ0v) is 15.7. The SMILES string of the molecule is Cn1nc(SCC(=O)NNC(=O)C[C@@H]2C[C@H]3CC[C@@H]2C3)c(=O)n(C)c1=O. The number of carbonyl (C=O) groups excluding carboxylic acids is 2. The number of aromatic nitrogens is 3. The number of nitrogens with one attached hydrogen (secondary N) is 2. The smallest absolute Gasteiger partial charge is 0.273 e. The van der Waals surface area contributed by atoms with E-state index in [4.69, 9.17) is 0 Å². The summed E-state index contributed by atoms with van der Waals surface area (Å²) in [5, 5.41) is 3.91. The van der Waals surface area contributed by atoms with Crippen molar-refractivity contribution in [2.45, 2.75) is 37.1 Å². The molecule has 3 rings (SSSR count). The second-order valence-corrected chi connectivity index (χ2v) is 8.06. The molecule has 2 saturated carbocycles. The molecule has 142 valence electrons. The number of hydrogen-bond acceptors (Lipinski definition) is 6. The largest absolute Gasteiger partial charge is 0.346 e. The summed E-state index contributed by atoms with van der Waals surface area (Å²) in [7, 11) is 2.79. The van der Waals surface area contributed by atoms with Crippen molar-refractivity contribution >= 4 is 23.6 Å². The van der Waals surface area contributed by atoms with Crippen molar-refractivity contribution in [2.24, 2.45) is 31.8 Å². The molecule has 1 aromatic rings. The van der Waals surface area contributed by atoms with Gasteiger partial charge in [0.1, 0.15) is 0 Å². The molecule has 0 aromatic carbocycles. The predicted molar refractivity (Wildman–Crippen MR) is 95.3 cm³/mol. The number of aryl methyl sites for hydroxylation is 1. The highest BCUT2D eigenvalue weighted by atomic mass is 32.2. The number of rotatable bonds is 5. The molecule has 0 saturated heterocycles. The van der Waals surface area contributed by atoms with Crippen molar-refractivity contribution in [3.63, 3.8) is 0 Å². The fourth-order valence-electron chi connectivity index (χ4n) is 3.98. The van der Waals surface area contributed by atoms with E-state index in [1.54, 1.807) is 0 Å². The second-order valence-electron chi connectivity index (χ2n) is 7.10. The average Bonchev–Trinajstić information content (AvgIpc) is 3.23. The molecule has 2 N–H and O–H groups in total. The molecule has 2 aliphatic rings. The lowest BCUT2D eigenvalue weighted by molar-refractivity contribution is -0.128. The summed E-state index contributed by atoms with van der Waals surface area (Å²) < 4.78 is 1.98. The number of fused-ring (bicyclic) bond motifs is 2. The third-order valence-electron chi connectivity index (χ3n) is 5.31. The van der Waals surface area contributed by atoms with E-state index in [1.165, 1.54) is 33.4 Å². The minimum absolute atomic E-state index is 0.0538. The Labute approximate surface area is 154 Å². The molecule has 26 heavy (non-hydrogen) atoms. The minimum Gasteiger partial charge on any atom is -0.273 e. The van der Waals surface area contributed by atoms with Crippen LogP contribution in [0.2, 0.25) is 0 Å². The Hall–Kier alpha value is -2.10. The number of hydrogen-bond donors (Lipinski definition) is 2. The molecule has 2 fully saturated rings. The highest BCUT2D eigenvalue weighted by Crippen LogP contribution is 2.49. The van der Waals surface area contributed by atoms with E-state index in [0.29, 0.717) is 18.3 Å². The quantitative estimate of drug-likeness (QED) is 0.527. The van der Waals surface area contributed by atoms with Gasteiger partial charge in [-0.2, -0.15) is 5.10 Å². The molecule has 2 amide bonds. The second kappa shape index (κ2) is 7.65. The molecular weight excluding hydrogens is 358 g/mol. The van der Waals surface area contributed by atoms with Gasteiger partial charge in [-0.05, 0) is 37.0 Å². The molecule has 0 unspecified atom stereocenters. The third kappa shape index (κ3) is 4.00. The van der Waals surface area contributed by atoms with Crippen LogP contribution in [0.1, 0.15) is 32.1 Å². The lowest BCUT2D eigenvalue weighted by Gasteiger charge is -2.20. The van der Waals surface area contributed by atoms with Gasteiger partial charge in [0, 0.05) is 20.5 Å². The molecule has 2 aliphatic carbocycles. The van der Waals surface area contributed by atoms with E-state index < -0.39 is 17.2 Å². The first kappa shape index (κ1) is 18.7. The first-order chi connectivity index (χ1) is 12.3. The van der Waals surface area contributed by atoms with Crippen LogP contribution in [0, 0.1) is 17.8 Å². The Kier molecular flexibility index (Phi) is 5.49. The number of amides is 2. The standard InChI is InChI=1S/C16H23N5O4S/c1-20-15(24)14(19-21(2)16(20)25)26-8-13(23)18-17-12(22)7-11-6-9-3-4-10(11)5-9/h9-11H,3-8H2,1-2H3,(H,17,22)(H,18,23)/t9-,10+,11-/m0/s1. The lowest BCUT2D eigenvalue weighted by atomic mass is 9.86. The van der Waals surface area contributed by atoms with Crippen molar-refractivity contribution in [3.05, 3.63) is 20.8 Å². The molecule has 0 radical (unpaired) electrons. The Morgan fingerprint density at radius 1 is 1.15 bits per heavy atom. The van der Waals surface area contributed by atoms with E-state index in [2.05, 4.69) is 16.0 Å². The summed E-state index contributed by atoms with van der Waals surface area (Å²) in [6.45, 7) is 0. The Morgan fingerprint density at radius 2 is 1.88 bits per heavy atom. The lowest BCUT2D eigenvalue weighted by Crippen LogP contribution is -2.43. The van der Waals surface area contributed by atoms with Gasteiger partial charge in [0.2, 0.25) is 11.8 Å². The summed E-state index contributed by atoms with van der Waals surface area (Å²) in [4.78, 5) is 47.4. The zero-order valence-electron chi connectivity index (χ0n) is 14.9. The first-order valence-corrected chi connectivity index (χ1v) is 9.68. The maximum Gasteiger partial charge on any atom is 0.346 e. The maximum atomic E-state index is 12.0. The third-order valence-corrected chi connectivity index (χ3v) is 6.24.